The van der Waals surface area contributed by atoms with Crippen molar-refractivity contribution in [1.82, 2.24) is 9.88 Å². The number of amides is 1. The number of rotatable bonds is 6. The summed E-state index contributed by atoms with van der Waals surface area (Å²) in [5.41, 5.74) is 7.29. The smallest absolute Gasteiger partial charge is 0.266 e. The lowest BCUT2D eigenvalue weighted by Crippen LogP contribution is -2.41. The van der Waals surface area contributed by atoms with Crippen LogP contribution < -0.4 is 5.73 Å². The molecule has 3 rings (SSSR count). The Morgan fingerprint density at radius 1 is 1.32 bits per heavy atom. The molecule has 0 saturated carbocycles. The van der Waals surface area contributed by atoms with Gasteiger partial charge in [-0.05, 0) is 32.7 Å². The van der Waals surface area contributed by atoms with E-state index in [0.29, 0.717) is 13.2 Å². The predicted molar refractivity (Wildman–Crippen MR) is 101 cm³/mol. The molecule has 0 bridgehead atoms. The summed E-state index contributed by atoms with van der Waals surface area (Å²) in [5, 5.41) is 0.919. The Morgan fingerprint density at radius 3 is 2.72 bits per heavy atom. The standard InChI is InChI=1S/C19H25N3O2S/c1-14-21-17(15-6-3-2-4-7-15)18(25-14)19(23)22-11-8-16(9-12-22)24-13-5-10-20/h2-4,6-7,16H,5,8-13,20H2,1H3. The first-order valence-corrected chi connectivity index (χ1v) is 9.64. The molecule has 1 fully saturated rings. The number of hydrogen-bond acceptors (Lipinski definition) is 5. The normalized spacial score (nSPS) is 15.5. The van der Waals surface area contributed by atoms with Gasteiger partial charge >= 0.3 is 0 Å². The summed E-state index contributed by atoms with van der Waals surface area (Å²) in [7, 11) is 0. The van der Waals surface area contributed by atoms with Crippen LogP contribution in [0.5, 0.6) is 0 Å². The van der Waals surface area contributed by atoms with Gasteiger partial charge in [0.2, 0.25) is 0 Å². The summed E-state index contributed by atoms with van der Waals surface area (Å²) >= 11 is 1.48. The van der Waals surface area contributed by atoms with Gasteiger partial charge in [-0.2, -0.15) is 0 Å². The van der Waals surface area contributed by atoms with Gasteiger partial charge in [-0.25, -0.2) is 4.98 Å². The van der Waals surface area contributed by atoms with Crippen molar-refractivity contribution in [3.63, 3.8) is 0 Å². The SMILES string of the molecule is Cc1nc(-c2ccccc2)c(C(=O)N2CCC(OCCCN)CC2)s1. The minimum atomic E-state index is 0.0878. The zero-order valence-corrected chi connectivity index (χ0v) is 15.4. The second-order valence-electron chi connectivity index (χ2n) is 6.28. The number of benzene rings is 1. The van der Waals surface area contributed by atoms with Crippen LogP contribution in [0.25, 0.3) is 11.3 Å². The maximum atomic E-state index is 13.0. The van der Waals surface area contributed by atoms with Crippen molar-refractivity contribution in [3.8, 4) is 11.3 Å². The number of nitrogens with zero attached hydrogens (tertiary/aromatic N) is 2. The van der Waals surface area contributed by atoms with Gasteiger partial charge in [0.15, 0.2) is 0 Å². The Kier molecular flexibility index (Phi) is 6.18. The number of nitrogens with two attached hydrogens (primary N) is 1. The number of likely N-dealkylation sites (tertiary alicyclic amines) is 1. The Labute approximate surface area is 152 Å². The topological polar surface area (TPSA) is 68.5 Å². The first-order valence-electron chi connectivity index (χ1n) is 8.83. The predicted octanol–water partition coefficient (Wildman–Crippen LogP) is 3.09. The van der Waals surface area contributed by atoms with Gasteiger partial charge < -0.3 is 15.4 Å². The minimum absolute atomic E-state index is 0.0878. The van der Waals surface area contributed by atoms with Crippen molar-refractivity contribution in [1.29, 1.82) is 0 Å². The zero-order valence-electron chi connectivity index (χ0n) is 14.6. The molecule has 2 heterocycles. The molecule has 0 aliphatic carbocycles. The number of carbonyl (C=O) groups excluding carboxylic acids is 1. The van der Waals surface area contributed by atoms with Crippen molar-refractivity contribution >= 4 is 17.2 Å². The molecule has 2 N–H and O–H groups in total. The van der Waals surface area contributed by atoms with Gasteiger partial charge in [0.1, 0.15) is 4.88 Å². The van der Waals surface area contributed by atoms with Crippen LogP contribution in [-0.2, 0) is 4.74 Å². The molecule has 1 aliphatic rings. The molecule has 0 spiro atoms. The van der Waals surface area contributed by atoms with Crippen LogP contribution in [0, 0.1) is 6.92 Å². The molecule has 6 heteroatoms. The van der Waals surface area contributed by atoms with E-state index in [1.807, 2.05) is 42.2 Å². The molecule has 0 unspecified atom stereocenters. The van der Waals surface area contributed by atoms with Crippen LogP contribution in [0.15, 0.2) is 30.3 Å². The fraction of sp³-hybridized carbons (Fsp3) is 0.474. The third-order valence-corrected chi connectivity index (χ3v) is 5.37. The quantitative estimate of drug-likeness (QED) is 0.805. The molecule has 2 aromatic rings. The summed E-state index contributed by atoms with van der Waals surface area (Å²) in [6.07, 6.45) is 2.90. The number of ether oxygens (including phenoxy) is 1. The van der Waals surface area contributed by atoms with Crippen LogP contribution in [-0.4, -0.2) is 48.1 Å². The van der Waals surface area contributed by atoms with Crippen molar-refractivity contribution < 1.29 is 9.53 Å². The Bertz CT molecular complexity index is 694. The van der Waals surface area contributed by atoms with E-state index in [1.54, 1.807) is 0 Å². The van der Waals surface area contributed by atoms with Crippen molar-refractivity contribution in [3.05, 3.63) is 40.2 Å². The highest BCUT2D eigenvalue weighted by atomic mass is 32.1. The highest BCUT2D eigenvalue weighted by Gasteiger charge is 2.27. The van der Waals surface area contributed by atoms with E-state index >= 15 is 0 Å². The molecule has 0 radical (unpaired) electrons. The molecule has 5 nitrogen and oxygen atoms in total. The van der Waals surface area contributed by atoms with E-state index in [0.717, 1.165) is 53.5 Å². The van der Waals surface area contributed by atoms with Gasteiger partial charge in [0.25, 0.3) is 5.91 Å². The minimum Gasteiger partial charge on any atom is -0.378 e. The third-order valence-electron chi connectivity index (χ3n) is 4.41. The van der Waals surface area contributed by atoms with E-state index in [2.05, 4.69) is 4.98 Å². The fourth-order valence-electron chi connectivity index (χ4n) is 3.07. The average molecular weight is 359 g/mol. The number of hydrogen-bond donors (Lipinski definition) is 1. The Morgan fingerprint density at radius 2 is 2.04 bits per heavy atom. The number of piperidine rings is 1. The van der Waals surface area contributed by atoms with Crippen LogP contribution in [0.3, 0.4) is 0 Å². The largest absolute Gasteiger partial charge is 0.378 e. The van der Waals surface area contributed by atoms with E-state index in [4.69, 9.17) is 10.5 Å². The summed E-state index contributed by atoms with van der Waals surface area (Å²) < 4.78 is 5.83. The number of carbonyl (C=O) groups is 1. The van der Waals surface area contributed by atoms with Crippen LogP contribution >= 0.6 is 11.3 Å². The number of aromatic nitrogens is 1. The molecule has 1 aromatic carbocycles. The van der Waals surface area contributed by atoms with Crippen LogP contribution in [0.2, 0.25) is 0 Å². The van der Waals surface area contributed by atoms with Crippen LogP contribution in [0.4, 0.5) is 0 Å². The summed E-state index contributed by atoms with van der Waals surface area (Å²) in [6.45, 7) is 4.78. The van der Waals surface area contributed by atoms with E-state index in [-0.39, 0.29) is 12.0 Å². The molecular weight excluding hydrogens is 334 g/mol. The van der Waals surface area contributed by atoms with Gasteiger partial charge in [0, 0.05) is 25.3 Å². The molecule has 0 atom stereocenters. The Balaban J connectivity index is 1.67. The van der Waals surface area contributed by atoms with E-state index in [1.165, 1.54) is 11.3 Å². The summed E-state index contributed by atoms with van der Waals surface area (Å²) in [4.78, 5) is 20.3. The first kappa shape index (κ1) is 18.0. The highest BCUT2D eigenvalue weighted by molar-refractivity contribution is 7.14. The molecule has 1 aromatic heterocycles. The van der Waals surface area contributed by atoms with Gasteiger partial charge in [0.05, 0.1) is 16.8 Å². The van der Waals surface area contributed by atoms with Crippen molar-refractivity contribution in [2.75, 3.05) is 26.2 Å². The third kappa shape index (κ3) is 4.45. The summed E-state index contributed by atoms with van der Waals surface area (Å²) in [5.74, 6) is 0.0878. The average Bonchev–Trinajstić information content (AvgIpc) is 3.04. The van der Waals surface area contributed by atoms with Crippen molar-refractivity contribution in [2.24, 2.45) is 5.73 Å². The van der Waals surface area contributed by atoms with E-state index in [9.17, 15) is 4.79 Å². The number of thiazole rings is 1. The molecule has 134 valence electrons. The molecule has 1 amide bonds. The Hall–Kier alpha value is -1.76. The lowest BCUT2D eigenvalue weighted by Gasteiger charge is -2.31. The van der Waals surface area contributed by atoms with Gasteiger partial charge in [-0.15, -0.1) is 11.3 Å². The maximum absolute atomic E-state index is 13.0. The second-order valence-corrected chi connectivity index (χ2v) is 7.48. The lowest BCUT2D eigenvalue weighted by atomic mass is 10.1. The summed E-state index contributed by atoms with van der Waals surface area (Å²) in [6, 6.07) is 9.93. The maximum Gasteiger partial charge on any atom is 0.266 e. The van der Waals surface area contributed by atoms with Crippen LogP contribution in [0.1, 0.15) is 33.9 Å². The van der Waals surface area contributed by atoms with Gasteiger partial charge in [-0.1, -0.05) is 30.3 Å². The van der Waals surface area contributed by atoms with E-state index < -0.39 is 0 Å². The molecular formula is C19H25N3O2S. The monoisotopic (exact) mass is 359 g/mol. The highest BCUT2D eigenvalue weighted by Crippen LogP contribution is 2.30. The zero-order chi connectivity index (χ0) is 17.6. The number of aryl methyl sites for hydroxylation is 1. The molecule has 25 heavy (non-hydrogen) atoms. The second kappa shape index (κ2) is 8.56. The lowest BCUT2D eigenvalue weighted by molar-refractivity contribution is 0.00859. The van der Waals surface area contributed by atoms with Crippen molar-refractivity contribution in [2.45, 2.75) is 32.3 Å². The fourth-order valence-corrected chi connectivity index (χ4v) is 3.98. The van der Waals surface area contributed by atoms with Gasteiger partial charge in [-0.3, -0.25) is 4.79 Å². The first-order chi connectivity index (χ1) is 12.2. The molecule has 1 saturated heterocycles. The molecule has 1 aliphatic heterocycles.